The monoisotopic (exact) mass is 294 g/mol. The van der Waals surface area contributed by atoms with Crippen LogP contribution in [0.1, 0.15) is 12.0 Å². The van der Waals surface area contributed by atoms with Gasteiger partial charge in [-0.3, -0.25) is 4.68 Å². The number of halogens is 1. The van der Waals surface area contributed by atoms with E-state index < -0.39 is 0 Å². The van der Waals surface area contributed by atoms with Crippen LogP contribution in [0.5, 0.6) is 0 Å². The Kier molecular flexibility index (Phi) is 4.34. The number of benzene rings is 1. The third kappa shape index (κ3) is 3.98. The van der Waals surface area contributed by atoms with Gasteiger partial charge in [0, 0.05) is 6.20 Å². The molecule has 0 spiro atoms. The van der Waals surface area contributed by atoms with Crippen LogP contribution in [0.3, 0.4) is 0 Å². The fourth-order valence-electron chi connectivity index (χ4n) is 1.72. The summed E-state index contributed by atoms with van der Waals surface area (Å²) < 4.78 is 2.69. The SMILES string of the molecule is O[C@H](CCc1ccccc1)Cn1cc(Br)cn1. The average Bonchev–Trinajstić information content (AvgIpc) is 2.73. The number of rotatable bonds is 5. The van der Waals surface area contributed by atoms with Crippen molar-refractivity contribution >= 4 is 15.9 Å². The molecule has 0 amide bonds. The van der Waals surface area contributed by atoms with Gasteiger partial charge in [0.1, 0.15) is 0 Å². The molecule has 17 heavy (non-hydrogen) atoms. The van der Waals surface area contributed by atoms with Crippen LogP contribution in [-0.2, 0) is 13.0 Å². The van der Waals surface area contributed by atoms with Crippen molar-refractivity contribution in [2.24, 2.45) is 0 Å². The minimum atomic E-state index is -0.359. The number of aliphatic hydroxyl groups is 1. The highest BCUT2D eigenvalue weighted by Gasteiger charge is 2.06. The lowest BCUT2D eigenvalue weighted by atomic mass is 10.1. The van der Waals surface area contributed by atoms with Gasteiger partial charge in [-0.05, 0) is 34.3 Å². The smallest absolute Gasteiger partial charge is 0.0739 e. The lowest BCUT2D eigenvalue weighted by molar-refractivity contribution is 0.140. The van der Waals surface area contributed by atoms with Crippen LogP contribution < -0.4 is 0 Å². The molecule has 2 rings (SSSR count). The number of hydrogen-bond acceptors (Lipinski definition) is 2. The van der Waals surface area contributed by atoms with E-state index in [1.807, 2.05) is 24.4 Å². The Morgan fingerprint density at radius 2 is 2.06 bits per heavy atom. The predicted octanol–water partition coefficient (Wildman–Crippen LogP) is 2.64. The third-order valence-electron chi connectivity index (χ3n) is 2.61. The lowest BCUT2D eigenvalue weighted by Crippen LogP contribution is -2.17. The first-order chi connectivity index (χ1) is 8.24. The zero-order valence-electron chi connectivity index (χ0n) is 9.46. The molecule has 4 heteroatoms. The van der Waals surface area contributed by atoms with E-state index in [0.717, 1.165) is 17.3 Å². The Balaban J connectivity index is 1.80. The van der Waals surface area contributed by atoms with Crippen LogP contribution in [0.25, 0.3) is 0 Å². The maximum absolute atomic E-state index is 9.90. The van der Waals surface area contributed by atoms with Gasteiger partial charge in [-0.1, -0.05) is 30.3 Å². The molecule has 1 aromatic carbocycles. The fraction of sp³-hybridized carbons (Fsp3) is 0.308. The molecule has 1 atom stereocenters. The standard InChI is InChI=1S/C13H15BrN2O/c14-12-8-15-16(9-12)10-13(17)7-6-11-4-2-1-3-5-11/h1-5,8-9,13,17H,6-7,10H2/t13-/m1/s1. The molecule has 1 heterocycles. The Hall–Kier alpha value is -1.13. The van der Waals surface area contributed by atoms with Crippen molar-refractivity contribution < 1.29 is 5.11 Å². The predicted molar refractivity (Wildman–Crippen MR) is 70.7 cm³/mol. The second kappa shape index (κ2) is 5.98. The van der Waals surface area contributed by atoms with Gasteiger partial charge in [0.15, 0.2) is 0 Å². The average molecular weight is 295 g/mol. The molecule has 0 bridgehead atoms. The van der Waals surface area contributed by atoms with Crippen LogP contribution in [-0.4, -0.2) is 21.0 Å². The molecule has 90 valence electrons. The van der Waals surface area contributed by atoms with Gasteiger partial charge in [0.2, 0.25) is 0 Å². The van der Waals surface area contributed by atoms with Crippen LogP contribution in [0, 0.1) is 0 Å². The maximum atomic E-state index is 9.90. The highest BCUT2D eigenvalue weighted by Crippen LogP contribution is 2.09. The summed E-state index contributed by atoms with van der Waals surface area (Å²) in [5, 5.41) is 14.0. The van der Waals surface area contributed by atoms with Gasteiger partial charge >= 0.3 is 0 Å². The zero-order valence-corrected chi connectivity index (χ0v) is 11.0. The summed E-state index contributed by atoms with van der Waals surface area (Å²) in [6.07, 6.45) is 4.88. The Morgan fingerprint density at radius 1 is 1.29 bits per heavy atom. The van der Waals surface area contributed by atoms with Crippen molar-refractivity contribution in [1.82, 2.24) is 9.78 Å². The maximum Gasteiger partial charge on any atom is 0.0739 e. The number of nitrogens with zero attached hydrogens (tertiary/aromatic N) is 2. The second-order valence-corrected chi connectivity index (χ2v) is 4.97. The highest BCUT2D eigenvalue weighted by molar-refractivity contribution is 9.10. The van der Waals surface area contributed by atoms with Crippen LogP contribution in [0.2, 0.25) is 0 Å². The van der Waals surface area contributed by atoms with Crippen molar-refractivity contribution in [3.63, 3.8) is 0 Å². The number of aromatic nitrogens is 2. The largest absolute Gasteiger partial charge is 0.391 e. The molecule has 0 saturated heterocycles. The first kappa shape index (κ1) is 12.3. The van der Waals surface area contributed by atoms with Gasteiger partial charge < -0.3 is 5.11 Å². The quantitative estimate of drug-likeness (QED) is 0.921. The fourth-order valence-corrected chi connectivity index (χ4v) is 2.05. The summed E-state index contributed by atoms with van der Waals surface area (Å²) >= 11 is 3.33. The molecular weight excluding hydrogens is 280 g/mol. The van der Waals surface area contributed by atoms with Gasteiger partial charge in [-0.25, -0.2) is 0 Å². The molecule has 0 unspecified atom stereocenters. The molecule has 0 aliphatic carbocycles. The van der Waals surface area contributed by atoms with E-state index in [-0.39, 0.29) is 6.10 Å². The minimum absolute atomic E-state index is 0.359. The molecule has 0 aliphatic heterocycles. The van der Waals surface area contributed by atoms with E-state index in [4.69, 9.17) is 0 Å². The molecule has 0 radical (unpaired) electrons. The first-order valence-corrected chi connectivity index (χ1v) is 6.43. The number of aryl methyl sites for hydroxylation is 1. The van der Waals surface area contributed by atoms with Crippen molar-refractivity contribution in [2.75, 3.05) is 0 Å². The molecule has 0 fully saturated rings. The summed E-state index contributed by atoms with van der Waals surface area (Å²) in [6, 6.07) is 10.2. The summed E-state index contributed by atoms with van der Waals surface area (Å²) in [7, 11) is 0. The van der Waals surface area contributed by atoms with Gasteiger partial charge in [0.25, 0.3) is 0 Å². The van der Waals surface area contributed by atoms with E-state index in [2.05, 4.69) is 33.2 Å². The van der Waals surface area contributed by atoms with Crippen LogP contribution >= 0.6 is 15.9 Å². The van der Waals surface area contributed by atoms with Crippen LogP contribution in [0.15, 0.2) is 47.2 Å². The van der Waals surface area contributed by atoms with Crippen molar-refractivity contribution in [3.05, 3.63) is 52.8 Å². The second-order valence-electron chi connectivity index (χ2n) is 4.06. The normalized spacial score (nSPS) is 12.6. The van der Waals surface area contributed by atoms with E-state index in [0.29, 0.717) is 6.54 Å². The summed E-state index contributed by atoms with van der Waals surface area (Å²) in [6.45, 7) is 0.540. The summed E-state index contributed by atoms with van der Waals surface area (Å²) in [4.78, 5) is 0. The molecule has 3 nitrogen and oxygen atoms in total. The number of aliphatic hydroxyl groups excluding tert-OH is 1. The van der Waals surface area contributed by atoms with E-state index >= 15 is 0 Å². The Labute approximate surface area is 109 Å². The van der Waals surface area contributed by atoms with E-state index in [9.17, 15) is 5.11 Å². The van der Waals surface area contributed by atoms with Crippen LogP contribution in [0.4, 0.5) is 0 Å². The Bertz CT molecular complexity index is 455. The molecule has 1 aromatic heterocycles. The molecule has 0 aliphatic rings. The van der Waals surface area contributed by atoms with E-state index in [1.165, 1.54) is 5.56 Å². The minimum Gasteiger partial charge on any atom is -0.391 e. The summed E-state index contributed by atoms with van der Waals surface area (Å²) in [5.74, 6) is 0. The van der Waals surface area contributed by atoms with E-state index in [1.54, 1.807) is 10.9 Å². The molecular formula is C13H15BrN2O. The highest BCUT2D eigenvalue weighted by atomic mass is 79.9. The van der Waals surface area contributed by atoms with Gasteiger partial charge in [-0.2, -0.15) is 5.10 Å². The van der Waals surface area contributed by atoms with Gasteiger partial charge in [-0.15, -0.1) is 0 Å². The molecule has 1 N–H and O–H groups in total. The lowest BCUT2D eigenvalue weighted by Gasteiger charge is -2.10. The van der Waals surface area contributed by atoms with Crippen molar-refractivity contribution in [3.8, 4) is 0 Å². The first-order valence-electron chi connectivity index (χ1n) is 5.64. The Morgan fingerprint density at radius 3 is 2.71 bits per heavy atom. The topological polar surface area (TPSA) is 38.0 Å². The third-order valence-corrected chi connectivity index (χ3v) is 3.02. The molecule has 2 aromatic rings. The summed E-state index contributed by atoms with van der Waals surface area (Å²) in [5.41, 5.74) is 1.26. The van der Waals surface area contributed by atoms with Gasteiger partial charge in [0.05, 0.1) is 23.3 Å². The number of hydrogen-bond donors (Lipinski definition) is 1. The molecule has 0 saturated carbocycles. The zero-order chi connectivity index (χ0) is 12.1. The van der Waals surface area contributed by atoms with Crippen molar-refractivity contribution in [1.29, 1.82) is 0 Å². The van der Waals surface area contributed by atoms with Crippen molar-refractivity contribution in [2.45, 2.75) is 25.5 Å².